The molecule has 0 spiro atoms. The van der Waals surface area contributed by atoms with Gasteiger partial charge in [0.05, 0.1) is 0 Å². The minimum Gasteiger partial charge on any atom is -0.206 e. The lowest BCUT2D eigenvalue weighted by atomic mass is 9.64. The van der Waals surface area contributed by atoms with Gasteiger partial charge in [0.1, 0.15) is 17.2 Å². The lowest BCUT2D eigenvalue weighted by Gasteiger charge is -2.41. The maximum Gasteiger partial charge on any atom is 0.332 e. The monoisotopic (exact) mass is 530 g/mol. The Bertz CT molecular complexity index is 742. The van der Waals surface area contributed by atoms with Crippen LogP contribution in [0.3, 0.4) is 0 Å². The third-order valence-electron chi connectivity index (χ3n) is 9.33. The summed E-state index contributed by atoms with van der Waals surface area (Å²) in [4.78, 5) is -3.69. The largest absolute Gasteiger partial charge is 0.332 e. The molecule has 1 aromatic carbocycles. The number of hydrogen-bond donors (Lipinski definition) is 0. The van der Waals surface area contributed by atoms with Crippen LogP contribution in [-0.2, 0) is 4.83 Å². The highest BCUT2D eigenvalue weighted by Gasteiger charge is 2.37. The maximum atomic E-state index is 14.2. The van der Waals surface area contributed by atoms with Gasteiger partial charge in [-0.1, -0.05) is 32.6 Å². The second kappa shape index (κ2) is 11.0. The Kier molecular flexibility index (Phi) is 8.50. The molecule has 0 atom stereocenters. The van der Waals surface area contributed by atoms with E-state index in [1.807, 2.05) is 0 Å². The van der Waals surface area contributed by atoms with Crippen LogP contribution in [0.25, 0.3) is 0 Å². The molecule has 0 radical (unpaired) electrons. The molecule has 0 amide bonds. The predicted molar refractivity (Wildman–Crippen MR) is 130 cm³/mol. The van der Waals surface area contributed by atoms with Crippen LogP contribution >= 0.6 is 15.9 Å². The molecule has 3 fully saturated rings. The quantitative estimate of drug-likeness (QED) is 0.253. The van der Waals surface area contributed by atoms with E-state index in [1.165, 1.54) is 64.2 Å². The number of rotatable bonds is 6. The Balaban J connectivity index is 1.25. The molecule has 1 aromatic rings. The van der Waals surface area contributed by atoms with Gasteiger partial charge in [0.2, 0.25) is 0 Å². The second-order valence-electron chi connectivity index (χ2n) is 11.2. The van der Waals surface area contributed by atoms with Gasteiger partial charge >= 0.3 is 4.83 Å². The average molecular weight is 532 g/mol. The number of halogens is 5. The van der Waals surface area contributed by atoms with Crippen LogP contribution in [0.2, 0.25) is 0 Å². The van der Waals surface area contributed by atoms with Crippen molar-refractivity contribution in [2.24, 2.45) is 29.6 Å². The molecule has 3 saturated carbocycles. The van der Waals surface area contributed by atoms with E-state index in [0.717, 1.165) is 61.5 Å². The molecule has 3 aliphatic rings. The van der Waals surface area contributed by atoms with Crippen molar-refractivity contribution >= 4 is 15.9 Å². The molecule has 3 aliphatic carbocycles. The Morgan fingerprint density at radius 1 is 0.727 bits per heavy atom. The van der Waals surface area contributed by atoms with Crippen LogP contribution < -0.4 is 0 Å². The third kappa shape index (κ3) is 6.16. The van der Waals surface area contributed by atoms with Crippen LogP contribution in [0.15, 0.2) is 12.1 Å². The molecule has 0 aromatic heterocycles. The van der Waals surface area contributed by atoms with Crippen molar-refractivity contribution < 1.29 is 17.6 Å². The highest BCUT2D eigenvalue weighted by Crippen LogP contribution is 2.48. The number of benzene rings is 1. The topological polar surface area (TPSA) is 0 Å². The van der Waals surface area contributed by atoms with Crippen molar-refractivity contribution in [1.29, 1.82) is 0 Å². The first-order valence-electron chi connectivity index (χ1n) is 13.3. The molecule has 0 aliphatic heterocycles. The van der Waals surface area contributed by atoms with Gasteiger partial charge in [0.15, 0.2) is 0 Å². The second-order valence-corrected chi connectivity index (χ2v) is 12.2. The van der Waals surface area contributed by atoms with Gasteiger partial charge in [-0.3, -0.25) is 0 Å². The Morgan fingerprint density at radius 2 is 1.12 bits per heavy atom. The molecular formula is C28H39BrF4. The fourth-order valence-corrected chi connectivity index (χ4v) is 7.85. The van der Waals surface area contributed by atoms with Crippen LogP contribution in [0.4, 0.5) is 17.6 Å². The van der Waals surface area contributed by atoms with Gasteiger partial charge in [-0.25, -0.2) is 8.78 Å². The minimum atomic E-state index is -3.69. The lowest BCUT2D eigenvalue weighted by Crippen LogP contribution is -2.29. The number of alkyl halides is 3. The maximum absolute atomic E-state index is 14.2. The summed E-state index contributed by atoms with van der Waals surface area (Å²) in [6, 6.07) is 2.25. The van der Waals surface area contributed by atoms with Crippen LogP contribution in [0.5, 0.6) is 0 Å². The smallest absolute Gasteiger partial charge is 0.206 e. The van der Waals surface area contributed by atoms with E-state index < -0.39 is 22.0 Å². The standard InChI is InChI=1S/C28H39BrF4/c1-2-3-18-4-6-19(7-5-18)20-8-10-21(11-9-20)22-12-14-23(15-13-22)24-16-25(30)27(26(31)17-24)28(29,32)33/h16-23H,2-15H2,1H3. The van der Waals surface area contributed by atoms with E-state index >= 15 is 0 Å². The van der Waals surface area contributed by atoms with Crippen molar-refractivity contribution in [2.45, 2.75) is 108 Å². The van der Waals surface area contributed by atoms with Gasteiger partial charge in [-0.05, 0) is 133 Å². The molecule has 186 valence electrons. The molecule has 5 heteroatoms. The summed E-state index contributed by atoms with van der Waals surface area (Å²) in [5.41, 5.74) is -0.651. The molecule has 0 N–H and O–H groups in total. The van der Waals surface area contributed by atoms with Gasteiger partial charge in [0.25, 0.3) is 0 Å². The summed E-state index contributed by atoms with van der Waals surface area (Å²) in [5.74, 6) is 2.12. The summed E-state index contributed by atoms with van der Waals surface area (Å²) in [6.45, 7) is 2.30. The molecular weight excluding hydrogens is 492 g/mol. The fourth-order valence-electron chi connectivity index (χ4n) is 7.47. The summed E-state index contributed by atoms with van der Waals surface area (Å²) in [5, 5.41) is 0. The normalized spacial score (nSPS) is 33.8. The zero-order valence-electron chi connectivity index (χ0n) is 19.9. The van der Waals surface area contributed by atoms with Crippen molar-refractivity contribution in [3.63, 3.8) is 0 Å². The SMILES string of the molecule is CCCC1CCC(C2CCC(C3CCC(c4cc(F)c(C(F)(F)Br)c(F)c4)CC3)CC2)CC1. The van der Waals surface area contributed by atoms with Gasteiger partial charge < -0.3 is 0 Å². The average Bonchev–Trinajstić information content (AvgIpc) is 2.79. The molecule has 0 heterocycles. The minimum absolute atomic E-state index is 0.0675. The Morgan fingerprint density at radius 3 is 1.52 bits per heavy atom. The van der Waals surface area contributed by atoms with Crippen molar-refractivity contribution in [1.82, 2.24) is 0 Å². The van der Waals surface area contributed by atoms with E-state index in [2.05, 4.69) is 22.9 Å². The fraction of sp³-hybridized carbons (Fsp3) is 0.786. The van der Waals surface area contributed by atoms with Gasteiger partial charge in [0, 0.05) is 0 Å². The number of hydrogen-bond acceptors (Lipinski definition) is 0. The van der Waals surface area contributed by atoms with Crippen molar-refractivity contribution in [2.75, 3.05) is 0 Å². The molecule has 0 nitrogen and oxygen atoms in total. The van der Waals surface area contributed by atoms with E-state index in [1.54, 1.807) is 0 Å². The molecule has 0 saturated heterocycles. The first-order valence-corrected chi connectivity index (χ1v) is 14.1. The molecule has 4 rings (SSSR count). The first kappa shape index (κ1) is 25.5. The molecule has 0 unspecified atom stereocenters. The summed E-state index contributed by atoms with van der Waals surface area (Å²) in [6.07, 6.45) is 17.9. The summed E-state index contributed by atoms with van der Waals surface area (Å²) in [7, 11) is 0. The Hall–Kier alpha value is -0.580. The highest BCUT2D eigenvalue weighted by molar-refractivity contribution is 9.09. The zero-order chi connectivity index (χ0) is 23.6. The molecule has 0 bridgehead atoms. The van der Waals surface area contributed by atoms with E-state index in [4.69, 9.17) is 0 Å². The van der Waals surface area contributed by atoms with Crippen LogP contribution in [0, 0.1) is 41.2 Å². The van der Waals surface area contributed by atoms with E-state index in [9.17, 15) is 17.6 Å². The molecule has 33 heavy (non-hydrogen) atoms. The highest BCUT2D eigenvalue weighted by atomic mass is 79.9. The van der Waals surface area contributed by atoms with E-state index in [0.29, 0.717) is 11.5 Å². The zero-order valence-corrected chi connectivity index (χ0v) is 21.5. The van der Waals surface area contributed by atoms with Crippen molar-refractivity contribution in [3.8, 4) is 0 Å². The lowest BCUT2D eigenvalue weighted by molar-refractivity contribution is 0.104. The van der Waals surface area contributed by atoms with Crippen molar-refractivity contribution in [3.05, 3.63) is 34.9 Å². The van der Waals surface area contributed by atoms with Gasteiger partial charge in [-0.15, -0.1) is 0 Å². The van der Waals surface area contributed by atoms with Crippen LogP contribution in [-0.4, -0.2) is 0 Å². The predicted octanol–water partition coefficient (Wildman–Crippen LogP) is 10.1. The van der Waals surface area contributed by atoms with E-state index in [-0.39, 0.29) is 5.92 Å². The summed E-state index contributed by atoms with van der Waals surface area (Å²) < 4.78 is 55.3. The first-order chi connectivity index (χ1) is 15.8. The van der Waals surface area contributed by atoms with Crippen LogP contribution in [0.1, 0.15) is 114 Å². The van der Waals surface area contributed by atoms with Gasteiger partial charge in [-0.2, -0.15) is 8.78 Å². The Labute approximate surface area is 205 Å². The summed E-state index contributed by atoms with van der Waals surface area (Å²) >= 11 is 2.09. The third-order valence-corrected chi connectivity index (χ3v) is 9.73.